The first-order valence-electron chi connectivity index (χ1n) is 6.67. The minimum absolute atomic E-state index is 0.0671. The van der Waals surface area contributed by atoms with Crippen molar-refractivity contribution in [3.63, 3.8) is 0 Å². The Hall–Kier alpha value is -2.09. The average molecular weight is 276 g/mol. The van der Waals surface area contributed by atoms with E-state index in [9.17, 15) is 14.4 Å². The maximum absolute atomic E-state index is 13.3. The molecule has 1 saturated carbocycles. The van der Waals surface area contributed by atoms with Gasteiger partial charge in [0.2, 0.25) is 5.91 Å². The van der Waals surface area contributed by atoms with Crippen LogP contribution in [0.2, 0.25) is 0 Å². The van der Waals surface area contributed by atoms with Gasteiger partial charge in [0, 0.05) is 11.8 Å². The number of nitriles is 1. The number of ether oxygens (including phenoxy) is 1. The third-order valence-corrected chi connectivity index (χ3v) is 3.76. The number of halogens is 1. The van der Waals surface area contributed by atoms with Crippen molar-refractivity contribution in [2.45, 2.75) is 32.1 Å². The molecule has 1 aromatic carbocycles. The normalized spacial score (nSPS) is 17.1. The molecule has 2 rings (SSSR count). The Labute approximate surface area is 117 Å². The quantitative estimate of drug-likeness (QED) is 0.921. The van der Waals surface area contributed by atoms with Gasteiger partial charge in [0.15, 0.2) is 11.6 Å². The number of nitrogens with zero attached hydrogens (tertiary/aromatic N) is 1. The Morgan fingerprint density at radius 1 is 1.40 bits per heavy atom. The second kappa shape index (κ2) is 5.91. The van der Waals surface area contributed by atoms with E-state index in [2.05, 4.69) is 11.4 Å². The fourth-order valence-corrected chi connectivity index (χ4v) is 2.53. The van der Waals surface area contributed by atoms with Crippen molar-refractivity contribution in [2.24, 2.45) is 5.41 Å². The minimum atomic E-state index is -0.958. The summed E-state index contributed by atoms with van der Waals surface area (Å²) in [5, 5.41) is 12.0. The molecule has 20 heavy (non-hydrogen) atoms. The lowest BCUT2D eigenvalue weighted by molar-refractivity contribution is -0.124. The van der Waals surface area contributed by atoms with Crippen molar-refractivity contribution in [1.29, 1.82) is 5.26 Å². The SMILES string of the molecule is COc1cc(NC(=O)C2(C#N)CCCCC2)ccc1F. The Balaban J connectivity index is 2.16. The van der Waals surface area contributed by atoms with Crippen LogP contribution in [0.15, 0.2) is 18.2 Å². The molecule has 0 spiro atoms. The molecule has 1 aliphatic rings. The van der Waals surface area contributed by atoms with Crippen LogP contribution in [0, 0.1) is 22.6 Å². The molecular weight excluding hydrogens is 259 g/mol. The summed E-state index contributed by atoms with van der Waals surface area (Å²) in [4.78, 5) is 12.3. The third kappa shape index (κ3) is 2.74. The summed E-state index contributed by atoms with van der Waals surface area (Å²) in [6.07, 6.45) is 3.98. The van der Waals surface area contributed by atoms with Gasteiger partial charge in [-0.3, -0.25) is 4.79 Å². The second-order valence-electron chi connectivity index (χ2n) is 5.06. The number of nitrogens with one attached hydrogen (secondary N) is 1. The van der Waals surface area contributed by atoms with Gasteiger partial charge in [-0.25, -0.2) is 4.39 Å². The van der Waals surface area contributed by atoms with E-state index in [4.69, 9.17) is 4.74 Å². The lowest BCUT2D eigenvalue weighted by Crippen LogP contribution is -2.36. The van der Waals surface area contributed by atoms with Crippen LogP contribution in [0.3, 0.4) is 0 Å². The van der Waals surface area contributed by atoms with Gasteiger partial charge in [-0.05, 0) is 25.0 Å². The summed E-state index contributed by atoms with van der Waals surface area (Å²) in [5.41, 5.74) is -0.520. The van der Waals surface area contributed by atoms with Crippen LogP contribution in [-0.4, -0.2) is 13.0 Å². The van der Waals surface area contributed by atoms with Crippen LogP contribution in [-0.2, 0) is 4.79 Å². The molecule has 0 saturated heterocycles. The van der Waals surface area contributed by atoms with E-state index in [1.54, 1.807) is 0 Å². The van der Waals surface area contributed by atoms with Gasteiger partial charge in [-0.15, -0.1) is 0 Å². The molecule has 0 atom stereocenters. The molecule has 1 amide bonds. The summed E-state index contributed by atoms with van der Waals surface area (Å²) < 4.78 is 18.2. The van der Waals surface area contributed by atoms with Crippen molar-refractivity contribution in [2.75, 3.05) is 12.4 Å². The van der Waals surface area contributed by atoms with E-state index >= 15 is 0 Å². The predicted molar refractivity (Wildman–Crippen MR) is 72.7 cm³/mol. The summed E-state index contributed by atoms with van der Waals surface area (Å²) in [7, 11) is 1.36. The molecule has 1 aromatic rings. The summed E-state index contributed by atoms with van der Waals surface area (Å²) >= 11 is 0. The summed E-state index contributed by atoms with van der Waals surface area (Å²) in [6, 6.07) is 6.27. The number of hydrogen-bond acceptors (Lipinski definition) is 3. The molecule has 0 radical (unpaired) electrons. The van der Waals surface area contributed by atoms with Crippen molar-refractivity contribution >= 4 is 11.6 Å². The molecule has 1 fully saturated rings. The van der Waals surface area contributed by atoms with E-state index < -0.39 is 11.2 Å². The van der Waals surface area contributed by atoms with Gasteiger partial charge in [-0.1, -0.05) is 19.3 Å². The molecule has 4 nitrogen and oxygen atoms in total. The maximum atomic E-state index is 13.3. The highest BCUT2D eigenvalue weighted by molar-refractivity contribution is 5.97. The lowest BCUT2D eigenvalue weighted by Gasteiger charge is -2.29. The molecular formula is C15H17FN2O2. The Kier molecular flexibility index (Phi) is 4.23. The third-order valence-electron chi connectivity index (χ3n) is 3.76. The number of rotatable bonds is 3. The highest BCUT2D eigenvalue weighted by Crippen LogP contribution is 2.37. The van der Waals surface area contributed by atoms with E-state index in [-0.39, 0.29) is 11.7 Å². The number of methoxy groups -OCH3 is 1. The van der Waals surface area contributed by atoms with Crippen LogP contribution in [0.4, 0.5) is 10.1 Å². The van der Waals surface area contributed by atoms with Gasteiger partial charge in [-0.2, -0.15) is 5.26 Å². The average Bonchev–Trinajstić information content (AvgIpc) is 2.49. The standard InChI is InChI=1S/C15H17FN2O2/c1-20-13-9-11(5-6-12(13)16)18-14(19)15(10-17)7-3-2-4-8-15/h5-6,9H,2-4,7-8H2,1H3,(H,18,19). The number of hydrogen-bond donors (Lipinski definition) is 1. The molecule has 0 bridgehead atoms. The monoisotopic (exact) mass is 276 g/mol. The molecule has 106 valence electrons. The van der Waals surface area contributed by atoms with Gasteiger partial charge in [0.05, 0.1) is 13.2 Å². The van der Waals surface area contributed by atoms with Crippen molar-refractivity contribution in [1.82, 2.24) is 0 Å². The van der Waals surface area contributed by atoms with Crippen molar-refractivity contribution < 1.29 is 13.9 Å². The first-order valence-corrected chi connectivity index (χ1v) is 6.67. The maximum Gasteiger partial charge on any atom is 0.244 e. The van der Waals surface area contributed by atoms with Gasteiger partial charge >= 0.3 is 0 Å². The molecule has 0 unspecified atom stereocenters. The zero-order valence-electron chi connectivity index (χ0n) is 11.4. The highest BCUT2D eigenvalue weighted by atomic mass is 19.1. The second-order valence-corrected chi connectivity index (χ2v) is 5.06. The Bertz CT molecular complexity index is 545. The molecule has 1 aliphatic carbocycles. The van der Waals surface area contributed by atoms with Crippen LogP contribution in [0.25, 0.3) is 0 Å². The van der Waals surface area contributed by atoms with Crippen LogP contribution >= 0.6 is 0 Å². The fourth-order valence-electron chi connectivity index (χ4n) is 2.53. The molecule has 0 heterocycles. The first-order chi connectivity index (χ1) is 9.61. The van der Waals surface area contributed by atoms with Crippen LogP contribution in [0.5, 0.6) is 5.75 Å². The Morgan fingerprint density at radius 2 is 2.10 bits per heavy atom. The number of amides is 1. The number of benzene rings is 1. The number of carbonyl (C=O) groups excluding carboxylic acids is 1. The van der Waals surface area contributed by atoms with Crippen LogP contribution < -0.4 is 10.1 Å². The molecule has 5 heteroatoms. The smallest absolute Gasteiger partial charge is 0.244 e. The number of carbonyl (C=O) groups is 1. The van der Waals surface area contributed by atoms with Gasteiger partial charge in [0.25, 0.3) is 0 Å². The molecule has 0 aromatic heterocycles. The first kappa shape index (κ1) is 14.3. The van der Waals surface area contributed by atoms with E-state index in [1.807, 2.05) is 0 Å². The van der Waals surface area contributed by atoms with E-state index in [0.717, 1.165) is 19.3 Å². The largest absolute Gasteiger partial charge is 0.494 e. The van der Waals surface area contributed by atoms with Crippen LogP contribution in [0.1, 0.15) is 32.1 Å². The topological polar surface area (TPSA) is 62.1 Å². The Morgan fingerprint density at radius 3 is 2.70 bits per heavy atom. The minimum Gasteiger partial charge on any atom is -0.494 e. The molecule has 0 aliphatic heterocycles. The number of anilines is 1. The lowest BCUT2D eigenvalue weighted by atomic mass is 9.74. The fraction of sp³-hybridized carbons (Fsp3) is 0.467. The van der Waals surface area contributed by atoms with E-state index in [0.29, 0.717) is 18.5 Å². The zero-order chi connectivity index (χ0) is 14.6. The van der Waals surface area contributed by atoms with Crippen molar-refractivity contribution in [3.8, 4) is 11.8 Å². The zero-order valence-corrected chi connectivity index (χ0v) is 11.4. The summed E-state index contributed by atoms with van der Waals surface area (Å²) in [5.74, 6) is -0.732. The molecule has 1 N–H and O–H groups in total. The van der Waals surface area contributed by atoms with Gasteiger partial charge in [0.1, 0.15) is 5.41 Å². The van der Waals surface area contributed by atoms with Gasteiger partial charge < -0.3 is 10.1 Å². The summed E-state index contributed by atoms with van der Waals surface area (Å²) in [6.45, 7) is 0. The highest BCUT2D eigenvalue weighted by Gasteiger charge is 2.39. The van der Waals surface area contributed by atoms with E-state index in [1.165, 1.54) is 25.3 Å². The predicted octanol–water partition coefficient (Wildman–Crippen LogP) is 3.25. The van der Waals surface area contributed by atoms with Crippen molar-refractivity contribution in [3.05, 3.63) is 24.0 Å².